The van der Waals surface area contributed by atoms with Crippen LogP contribution in [0.25, 0.3) is 22.3 Å². The predicted octanol–water partition coefficient (Wildman–Crippen LogP) is 2.45. The fourth-order valence-electron chi connectivity index (χ4n) is 3.47. The van der Waals surface area contributed by atoms with E-state index in [9.17, 15) is 5.21 Å². The molecule has 0 fully saturated rings. The Labute approximate surface area is 159 Å². The molecule has 1 unspecified atom stereocenters. The van der Waals surface area contributed by atoms with E-state index in [-0.39, 0.29) is 5.96 Å². The predicted molar refractivity (Wildman–Crippen MR) is 106 cm³/mol. The van der Waals surface area contributed by atoms with Crippen LogP contribution in [0.2, 0.25) is 0 Å². The summed E-state index contributed by atoms with van der Waals surface area (Å²) in [5, 5.41) is 19.9. The zero-order valence-electron chi connectivity index (χ0n) is 14.7. The lowest BCUT2D eigenvalue weighted by atomic mass is 10.1. The minimum atomic E-state index is -0.439. The van der Waals surface area contributed by atoms with Gasteiger partial charge in [0.25, 0.3) is 5.69 Å². The van der Waals surface area contributed by atoms with Crippen LogP contribution in [-0.2, 0) is 0 Å². The van der Waals surface area contributed by atoms with Gasteiger partial charge in [-0.05, 0) is 12.1 Å². The summed E-state index contributed by atoms with van der Waals surface area (Å²) in [5.74, 6) is 0.909. The van der Waals surface area contributed by atoms with E-state index < -0.39 is 6.17 Å². The molecule has 3 heterocycles. The van der Waals surface area contributed by atoms with Crippen LogP contribution in [-0.4, -0.2) is 42.4 Å². The zero-order valence-corrected chi connectivity index (χ0v) is 14.7. The van der Waals surface area contributed by atoms with Gasteiger partial charge in [0, 0.05) is 28.0 Å². The highest BCUT2D eigenvalue weighted by atomic mass is 16.5. The van der Waals surface area contributed by atoms with Crippen molar-refractivity contribution in [1.82, 2.24) is 19.7 Å². The summed E-state index contributed by atoms with van der Waals surface area (Å²) in [6.45, 7) is 3.51. The van der Waals surface area contributed by atoms with Gasteiger partial charge in [-0.1, -0.05) is 24.3 Å². The first-order chi connectivity index (χ1) is 13.6. The molecule has 1 aliphatic rings. The van der Waals surface area contributed by atoms with Gasteiger partial charge < -0.3 is 5.73 Å². The van der Waals surface area contributed by atoms with E-state index in [1.54, 1.807) is 12.3 Å². The number of nitrogens with two attached hydrogens (primary N) is 1. The van der Waals surface area contributed by atoms with Gasteiger partial charge in [-0.25, -0.2) is 9.98 Å². The van der Waals surface area contributed by atoms with Crippen molar-refractivity contribution in [3.8, 4) is 11.3 Å². The number of rotatable bonds is 3. The number of benzene rings is 2. The second-order valence-corrected chi connectivity index (χ2v) is 6.46. The number of nitrogens with zero attached hydrogens (tertiary/aromatic N) is 5. The van der Waals surface area contributed by atoms with E-state index in [4.69, 9.17) is 5.73 Å². The SMILES string of the molecule is C=[N+](O)c1cccc(-c2[nH]ncc2C2N=C(N)Nc3nc4ccccc4n32)c1. The molecule has 2 aromatic heterocycles. The second kappa shape index (κ2) is 5.95. The first-order valence-corrected chi connectivity index (χ1v) is 8.62. The number of para-hydroxylation sites is 2. The summed E-state index contributed by atoms with van der Waals surface area (Å²) < 4.78 is 2.81. The molecule has 28 heavy (non-hydrogen) atoms. The first kappa shape index (κ1) is 16.1. The van der Waals surface area contributed by atoms with E-state index in [1.165, 1.54) is 0 Å². The van der Waals surface area contributed by atoms with Crippen LogP contribution in [0.1, 0.15) is 11.7 Å². The van der Waals surface area contributed by atoms with Crippen molar-refractivity contribution < 1.29 is 9.95 Å². The molecule has 1 aliphatic heterocycles. The zero-order chi connectivity index (χ0) is 19.3. The van der Waals surface area contributed by atoms with Crippen molar-refractivity contribution in [3.05, 3.63) is 60.3 Å². The molecular weight excluding hydrogens is 356 g/mol. The minimum absolute atomic E-state index is 0.285. The number of aromatic amines is 1. The fourth-order valence-corrected chi connectivity index (χ4v) is 3.47. The molecule has 4 aromatic rings. The lowest BCUT2D eigenvalue weighted by Crippen LogP contribution is -2.31. The van der Waals surface area contributed by atoms with E-state index in [0.29, 0.717) is 11.6 Å². The van der Waals surface area contributed by atoms with Crippen LogP contribution >= 0.6 is 0 Å². The Morgan fingerprint density at radius 1 is 1.18 bits per heavy atom. The van der Waals surface area contributed by atoms with Gasteiger partial charge in [0.2, 0.25) is 5.95 Å². The molecule has 0 saturated carbocycles. The molecule has 0 spiro atoms. The Balaban J connectivity index is 1.70. The van der Waals surface area contributed by atoms with Crippen molar-refractivity contribution >= 4 is 35.3 Å². The third-order valence-corrected chi connectivity index (χ3v) is 4.72. The van der Waals surface area contributed by atoms with Crippen LogP contribution in [0, 0.1) is 0 Å². The van der Waals surface area contributed by atoms with Gasteiger partial charge in [-0.15, -0.1) is 0 Å². The summed E-state index contributed by atoms with van der Waals surface area (Å²) >= 11 is 0. The van der Waals surface area contributed by atoms with Crippen LogP contribution < -0.4 is 11.1 Å². The molecule has 0 radical (unpaired) electrons. The number of hydrogen-bond donors (Lipinski definition) is 4. The van der Waals surface area contributed by atoms with Gasteiger partial charge in [-0.3, -0.25) is 20.2 Å². The highest BCUT2D eigenvalue weighted by Crippen LogP contribution is 2.36. The number of aliphatic imine (C=N–C) groups is 1. The van der Waals surface area contributed by atoms with Crippen molar-refractivity contribution in [3.63, 3.8) is 0 Å². The molecule has 0 aliphatic carbocycles. The molecule has 5 rings (SSSR count). The Kier molecular flexibility index (Phi) is 3.41. The van der Waals surface area contributed by atoms with Crippen molar-refractivity contribution in [2.24, 2.45) is 10.7 Å². The number of H-pyrrole nitrogens is 1. The van der Waals surface area contributed by atoms with E-state index in [1.807, 2.05) is 47.0 Å². The number of fused-ring (bicyclic) bond motifs is 3. The third-order valence-electron chi connectivity index (χ3n) is 4.72. The molecule has 5 N–H and O–H groups in total. The van der Waals surface area contributed by atoms with Gasteiger partial charge in [0.15, 0.2) is 18.8 Å². The number of aromatic nitrogens is 4. The van der Waals surface area contributed by atoms with Gasteiger partial charge in [0.05, 0.1) is 22.9 Å². The summed E-state index contributed by atoms with van der Waals surface area (Å²) in [7, 11) is 0. The normalized spacial score (nSPS) is 15.7. The van der Waals surface area contributed by atoms with Crippen LogP contribution in [0.5, 0.6) is 0 Å². The van der Waals surface area contributed by atoms with Crippen molar-refractivity contribution in [2.45, 2.75) is 6.17 Å². The van der Waals surface area contributed by atoms with Crippen molar-refractivity contribution in [2.75, 3.05) is 5.32 Å². The maximum atomic E-state index is 9.66. The third kappa shape index (κ3) is 2.41. The molecule has 2 aromatic carbocycles. The molecule has 1 atom stereocenters. The largest absolute Gasteiger partial charge is 0.370 e. The van der Waals surface area contributed by atoms with E-state index in [2.05, 4.69) is 32.2 Å². The maximum absolute atomic E-state index is 9.66. The smallest absolute Gasteiger partial charge is 0.257 e. The standard InChI is InChI=1S/C19H17N8O/c1-26(28)12-6-4-5-11(9-12)16-13(10-21-25-16)17-23-18(20)24-19-22-14-7-2-3-8-15(14)27(17)19/h2-10,17,28H,1H2,(H,21,25)(H3,20,22,23,24)/q+1. The Morgan fingerprint density at radius 2 is 2.04 bits per heavy atom. The molecule has 0 saturated heterocycles. The van der Waals surface area contributed by atoms with Gasteiger partial charge in [-0.2, -0.15) is 5.10 Å². The van der Waals surface area contributed by atoms with Crippen molar-refractivity contribution in [1.29, 1.82) is 0 Å². The molecule has 0 amide bonds. The highest BCUT2D eigenvalue weighted by Gasteiger charge is 2.28. The minimum Gasteiger partial charge on any atom is -0.370 e. The lowest BCUT2D eigenvalue weighted by molar-refractivity contribution is -0.706. The monoisotopic (exact) mass is 373 g/mol. The van der Waals surface area contributed by atoms with Crippen LogP contribution in [0.3, 0.4) is 0 Å². The Morgan fingerprint density at radius 3 is 2.89 bits per heavy atom. The number of hydrogen-bond acceptors (Lipinski definition) is 6. The average Bonchev–Trinajstić information content (AvgIpc) is 3.32. The van der Waals surface area contributed by atoms with E-state index in [0.717, 1.165) is 32.6 Å². The molecule has 9 heteroatoms. The summed E-state index contributed by atoms with van der Waals surface area (Å²) in [4.78, 5) is 9.22. The topological polar surface area (TPSA) is 120 Å². The number of anilines is 1. The first-order valence-electron chi connectivity index (χ1n) is 8.62. The van der Waals surface area contributed by atoms with Crippen LogP contribution in [0.15, 0.2) is 59.7 Å². The molecule has 9 nitrogen and oxygen atoms in total. The fraction of sp³-hybridized carbons (Fsp3) is 0.0526. The molecular formula is C19H17N8O+. The summed E-state index contributed by atoms with van der Waals surface area (Å²) in [5.41, 5.74) is 10.8. The molecule has 138 valence electrons. The number of imidazole rings is 1. The highest BCUT2D eigenvalue weighted by molar-refractivity contribution is 5.95. The van der Waals surface area contributed by atoms with Crippen LogP contribution in [0.4, 0.5) is 11.6 Å². The quantitative estimate of drug-likeness (QED) is 0.190. The Bertz CT molecular complexity index is 1250. The second-order valence-electron chi connectivity index (χ2n) is 6.46. The van der Waals surface area contributed by atoms with Gasteiger partial charge >= 0.3 is 0 Å². The summed E-state index contributed by atoms with van der Waals surface area (Å²) in [6, 6.07) is 15.2. The number of nitrogens with one attached hydrogen (secondary N) is 2. The van der Waals surface area contributed by atoms with E-state index >= 15 is 0 Å². The van der Waals surface area contributed by atoms with Gasteiger partial charge in [0.1, 0.15) is 0 Å². The number of guanidine groups is 1. The molecule has 0 bridgehead atoms. The average molecular weight is 373 g/mol. The summed E-state index contributed by atoms with van der Waals surface area (Å²) in [6.07, 6.45) is 1.29. The lowest BCUT2D eigenvalue weighted by Gasteiger charge is -2.23. The maximum Gasteiger partial charge on any atom is 0.257 e. The Hall–Kier alpha value is -4.14.